The molecule has 6 nitrogen and oxygen atoms in total. The van der Waals surface area contributed by atoms with Gasteiger partial charge >= 0.3 is 0 Å². The van der Waals surface area contributed by atoms with E-state index in [0.717, 1.165) is 53.8 Å². The van der Waals surface area contributed by atoms with Crippen LogP contribution in [0.3, 0.4) is 0 Å². The van der Waals surface area contributed by atoms with Crippen LogP contribution < -0.4 is 5.11 Å². The average molecular weight is 363 g/mol. The molecule has 0 fully saturated rings. The Morgan fingerprint density at radius 2 is 1.96 bits per heavy atom. The molecule has 0 bridgehead atoms. The van der Waals surface area contributed by atoms with Crippen LogP contribution in [0, 0.1) is 24.0 Å². The Labute approximate surface area is 156 Å². The van der Waals surface area contributed by atoms with Crippen molar-refractivity contribution in [2.24, 2.45) is 4.99 Å². The minimum atomic E-state index is -0.655. The molecule has 3 aromatic rings. The Bertz CT molecular complexity index is 1100. The predicted octanol–water partition coefficient (Wildman–Crippen LogP) is 4.66. The molecule has 4 rings (SSSR count). The summed E-state index contributed by atoms with van der Waals surface area (Å²) in [5.41, 5.74) is 3.99. The Hall–Kier alpha value is -3.15. The van der Waals surface area contributed by atoms with E-state index >= 15 is 0 Å². The number of hydrogen-bond acceptors (Lipinski definition) is 5. The molecular formula is C21H19N2O4-. The van der Waals surface area contributed by atoms with Gasteiger partial charge in [0.1, 0.15) is 11.3 Å². The van der Waals surface area contributed by atoms with E-state index in [1.54, 1.807) is 0 Å². The van der Waals surface area contributed by atoms with E-state index < -0.39 is 16.4 Å². The maximum Gasteiger partial charge on any atom is 0.266 e. The van der Waals surface area contributed by atoms with Crippen LogP contribution in [0.25, 0.3) is 11.0 Å². The molecule has 0 amide bonds. The number of fused-ring (bicyclic) bond motifs is 3. The van der Waals surface area contributed by atoms with Crippen molar-refractivity contribution in [1.82, 2.24) is 0 Å². The van der Waals surface area contributed by atoms with Crippen LogP contribution in [0.2, 0.25) is 0 Å². The number of nitro groups is 1. The van der Waals surface area contributed by atoms with E-state index in [0.29, 0.717) is 11.0 Å². The van der Waals surface area contributed by atoms with Gasteiger partial charge in [0.2, 0.25) is 0 Å². The van der Waals surface area contributed by atoms with Crippen LogP contribution in [0.4, 0.5) is 11.4 Å². The summed E-state index contributed by atoms with van der Waals surface area (Å²) in [6.45, 7) is 3.94. The first-order chi connectivity index (χ1) is 13.0. The first kappa shape index (κ1) is 17.3. The molecule has 0 saturated carbocycles. The highest BCUT2D eigenvalue weighted by atomic mass is 16.6. The molecule has 0 saturated heterocycles. The van der Waals surface area contributed by atoms with Crippen LogP contribution >= 0.6 is 0 Å². The second-order valence-corrected chi connectivity index (χ2v) is 7.03. The number of hydrogen-bond donors (Lipinski definition) is 0. The lowest BCUT2D eigenvalue weighted by atomic mass is 9.93. The number of furan rings is 1. The summed E-state index contributed by atoms with van der Waals surface area (Å²) < 4.78 is 5.86. The van der Waals surface area contributed by atoms with Crippen LogP contribution in [-0.4, -0.2) is 11.1 Å². The van der Waals surface area contributed by atoms with Gasteiger partial charge in [-0.1, -0.05) is 17.7 Å². The normalized spacial score (nSPS) is 14.0. The highest BCUT2D eigenvalue weighted by molar-refractivity contribution is 6.05. The molecule has 1 aliphatic rings. The lowest BCUT2D eigenvalue weighted by Gasteiger charge is -2.14. The van der Waals surface area contributed by atoms with Crippen molar-refractivity contribution in [3.05, 3.63) is 62.4 Å². The zero-order valence-electron chi connectivity index (χ0n) is 15.2. The van der Waals surface area contributed by atoms with Gasteiger partial charge in [-0.15, -0.1) is 0 Å². The second-order valence-electron chi connectivity index (χ2n) is 7.03. The summed E-state index contributed by atoms with van der Waals surface area (Å²) in [5.74, 6) is 0.215. The zero-order valence-corrected chi connectivity index (χ0v) is 15.2. The summed E-state index contributed by atoms with van der Waals surface area (Å²) >= 11 is 0. The van der Waals surface area contributed by atoms with Gasteiger partial charge < -0.3 is 9.52 Å². The van der Waals surface area contributed by atoms with Crippen molar-refractivity contribution < 1.29 is 14.4 Å². The third-order valence-electron chi connectivity index (χ3n) is 5.09. The van der Waals surface area contributed by atoms with Gasteiger partial charge in [-0.05, 0) is 50.5 Å². The molecule has 1 aromatic heterocycles. The fraction of sp³-hybridized carbons (Fsp3) is 0.286. The van der Waals surface area contributed by atoms with Crippen LogP contribution in [0.5, 0.6) is 5.75 Å². The third kappa shape index (κ3) is 2.97. The summed E-state index contributed by atoms with van der Waals surface area (Å²) in [4.78, 5) is 15.2. The molecule has 0 radical (unpaired) electrons. The summed E-state index contributed by atoms with van der Waals surface area (Å²) in [6, 6.07) is 7.09. The van der Waals surface area contributed by atoms with Gasteiger partial charge in [0, 0.05) is 29.1 Å². The number of rotatable bonds is 3. The predicted molar refractivity (Wildman–Crippen MR) is 102 cm³/mol. The first-order valence-corrected chi connectivity index (χ1v) is 8.99. The Morgan fingerprint density at radius 1 is 1.19 bits per heavy atom. The molecule has 0 aliphatic heterocycles. The van der Waals surface area contributed by atoms with Crippen LogP contribution in [0.1, 0.15) is 40.9 Å². The van der Waals surface area contributed by atoms with Gasteiger partial charge in [-0.3, -0.25) is 15.1 Å². The van der Waals surface area contributed by atoms with E-state index in [1.807, 2.05) is 32.0 Å². The largest absolute Gasteiger partial charge is 0.867 e. The first-order valence-electron chi connectivity index (χ1n) is 8.99. The van der Waals surface area contributed by atoms with Crippen molar-refractivity contribution in [2.75, 3.05) is 0 Å². The van der Waals surface area contributed by atoms with Gasteiger partial charge in [0.15, 0.2) is 0 Å². The average Bonchev–Trinajstić information content (AvgIpc) is 3.00. The van der Waals surface area contributed by atoms with E-state index in [2.05, 4.69) is 4.99 Å². The number of benzene rings is 2. The minimum absolute atomic E-state index is 0.242. The van der Waals surface area contributed by atoms with E-state index in [9.17, 15) is 15.2 Å². The zero-order chi connectivity index (χ0) is 19.1. The topological polar surface area (TPSA) is 91.7 Å². The van der Waals surface area contributed by atoms with Crippen molar-refractivity contribution >= 4 is 28.6 Å². The highest BCUT2D eigenvalue weighted by Crippen LogP contribution is 2.40. The molecule has 0 atom stereocenters. The molecule has 6 heteroatoms. The fourth-order valence-electron chi connectivity index (χ4n) is 3.77. The summed E-state index contributed by atoms with van der Waals surface area (Å²) in [7, 11) is 0. The van der Waals surface area contributed by atoms with Crippen molar-refractivity contribution in [2.45, 2.75) is 39.5 Å². The van der Waals surface area contributed by atoms with E-state index in [4.69, 9.17) is 4.42 Å². The van der Waals surface area contributed by atoms with E-state index in [-0.39, 0.29) is 5.56 Å². The van der Waals surface area contributed by atoms with Gasteiger partial charge in [-0.2, -0.15) is 0 Å². The number of aryl methyl sites for hydroxylation is 4. The summed E-state index contributed by atoms with van der Waals surface area (Å²) in [6.07, 6.45) is 5.09. The quantitative estimate of drug-likeness (QED) is 0.384. The fourth-order valence-corrected chi connectivity index (χ4v) is 3.77. The lowest BCUT2D eigenvalue weighted by Crippen LogP contribution is -2.04. The van der Waals surface area contributed by atoms with Gasteiger partial charge in [-0.25, -0.2) is 0 Å². The molecule has 138 valence electrons. The van der Waals surface area contributed by atoms with Crippen molar-refractivity contribution in [3.8, 4) is 5.75 Å². The lowest BCUT2D eigenvalue weighted by molar-refractivity contribution is -0.398. The molecule has 1 heterocycles. The third-order valence-corrected chi connectivity index (χ3v) is 5.09. The monoisotopic (exact) mass is 363 g/mol. The van der Waals surface area contributed by atoms with Crippen LogP contribution in [-0.2, 0) is 12.8 Å². The Kier molecular flexibility index (Phi) is 4.18. The van der Waals surface area contributed by atoms with Crippen LogP contribution in [0.15, 0.2) is 33.7 Å². The maximum atomic E-state index is 12.8. The molecule has 0 spiro atoms. The number of aliphatic imine (C=N–C) groups is 1. The molecule has 0 unspecified atom stereocenters. The number of nitro benzene ring substituents is 1. The van der Waals surface area contributed by atoms with Gasteiger partial charge in [0.25, 0.3) is 5.69 Å². The number of nitrogens with zero attached hydrogens (tertiary/aromatic N) is 2. The molecule has 2 aromatic carbocycles. The van der Waals surface area contributed by atoms with E-state index in [1.165, 1.54) is 12.3 Å². The maximum absolute atomic E-state index is 12.8. The summed E-state index contributed by atoms with van der Waals surface area (Å²) in [5, 5.41) is 24.8. The molecule has 0 N–H and O–H groups in total. The smallest absolute Gasteiger partial charge is 0.266 e. The molecular weight excluding hydrogens is 344 g/mol. The molecule has 1 aliphatic carbocycles. The second kappa shape index (κ2) is 6.54. The standard InChI is InChI=1S/C21H20N2O4/c1-12-7-8-16(13(2)9-12)22-11-15-20-14-5-3-4-6-18(14)27-19(20)10-17(21(15)24)23(25)26/h7-11,24H,3-6H2,1-2H3/p-1. The van der Waals surface area contributed by atoms with Crippen molar-refractivity contribution in [3.63, 3.8) is 0 Å². The highest BCUT2D eigenvalue weighted by Gasteiger charge is 2.24. The molecule has 27 heavy (non-hydrogen) atoms. The van der Waals surface area contributed by atoms with Gasteiger partial charge in [0.05, 0.1) is 16.7 Å². The minimum Gasteiger partial charge on any atom is -0.867 e. The SMILES string of the molecule is Cc1ccc(N=Cc2c([O-])c([N+](=O)[O-])cc3oc4c(c23)CCCC4)c(C)c1. The Morgan fingerprint density at radius 3 is 2.70 bits per heavy atom. The Balaban J connectivity index is 1.94. The van der Waals surface area contributed by atoms with Crippen molar-refractivity contribution in [1.29, 1.82) is 0 Å².